The molecule has 0 spiro atoms. The van der Waals surface area contributed by atoms with E-state index in [0.717, 1.165) is 12.4 Å². The summed E-state index contributed by atoms with van der Waals surface area (Å²) in [6.45, 7) is 7.61. The Morgan fingerprint density at radius 2 is 1.86 bits per heavy atom. The van der Waals surface area contributed by atoms with E-state index in [1.54, 1.807) is 0 Å². The molecule has 2 heteroatoms. The Morgan fingerprint density at radius 1 is 1.21 bits per heavy atom. The normalized spacial score (nSPS) is 10.9. The van der Waals surface area contributed by atoms with Crippen molar-refractivity contribution in [3.63, 3.8) is 0 Å². The standard InChI is InChI=1S/C12H19NS/c1-4-13-9-14-12-7-5-11(6-8-12)10(2)3/h5-8,10,13H,4,9H2,1-3H3. The molecule has 0 saturated heterocycles. The van der Waals surface area contributed by atoms with Crippen molar-refractivity contribution in [3.05, 3.63) is 29.8 Å². The van der Waals surface area contributed by atoms with E-state index >= 15 is 0 Å². The molecule has 1 N–H and O–H groups in total. The summed E-state index contributed by atoms with van der Waals surface area (Å²) in [5.41, 5.74) is 1.41. The van der Waals surface area contributed by atoms with Gasteiger partial charge in [-0.1, -0.05) is 32.9 Å². The smallest absolute Gasteiger partial charge is 0.0465 e. The predicted molar refractivity (Wildman–Crippen MR) is 64.9 cm³/mol. The van der Waals surface area contributed by atoms with Gasteiger partial charge >= 0.3 is 0 Å². The van der Waals surface area contributed by atoms with Crippen molar-refractivity contribution < 1.29 is 0 Å². The second-order valence-corrected chi connectivity index (χ2v) is 4.66. The van der Waals surface area contributed by atoms with Crippen LogP contribution >= 0.6 is 11.8 Å². The first-order valence-corrected chi connectivity index (χ1v) is 6.16. The fraction of sp³-hybridized carbons (Fsp3) is 0.500. The number of hydrogen-bond acceptors (Lipinski definition) is 2. The maximum absolute atomic E-state index is 3.30. The van der Waals surface area contributed by atoms with Crippen molar-refractivity contribution in [2.24, 2.45) is 0 Å². The Bertz CT molecular complexity index is 254. The van der Waals surface area contributed by atoms with Crippen LogP contribution in [0.15, 0.2) is 29.2 Å². The lowest BCUT2D eigenvalue weighted by molar-refractivity contribution is 0.839. The van der Waals surface area contributed by atoms with Crippen LogP contribution in [0, 0.1) is 0 Å². The summed E-state index contributed by atoms with van der Waals surface area (Å²) in [7, 11) is 0. The van der Waals surface area contributed by atoms with Gasteiger partial charge in [-0.05, 0) is 30.2 Å². The lowest BCUT2D eigenvalue weighted by atomic mass is 10.0. The van der Waals surface area contributed by atoms with Gasteiger partial charge in [0.15, 0.2) is 0 Å². The van der Waals surface area contributed by atoms with Gasteiger partial charge in [0.2, 0.25) is 0 Å². The molecule has 14 heavy (non-hydrogen) atoms. The third kappa shape index (κ3) is 3.72. The van der Waals surface area contributed by atoms with E-state index in [-0.39, 0.29) is 0 Å². The Morgan fingerprint density at radius 3 is 2.36 bits per heavy atom. The zero-order valence-corrected chi connectivity index (χ0v) is 10.0. The van der Waals surface area contributed by atoms with Crippen molar-refractivity contribution in [2.75, 3.05) is 12.4 Å². The zero-order chi connectivity index (χ0) is 10.4. The molecule has 0 radical (unpaired) electrons. The van der Waals surface area contributed by atoms with E-state index in [0.29, 0.717) is 5.92 Å². The van der Waals surface area contributed by atoms with Crippen LogP contribution in [0.3, 0.4) is 0 Å². The Hall–Kier alpha value is -0.470. The number of rotatable bonds is 5. The summed E-state index contributed by atoms with van der Waals surface area (Å²) in [6, 6.07) is 8.85. The van der Waals surface area contributed by atoms with Gasteiger partial charge < -0.3 is 5.32 Å². The Balaban J connectivity index is 2.47. The molecule has 1 aromatic rings. The van der Waals surface area contributed by atoms with Crippen LogP contribution in [0.1, 0.15) is 32.3 Å². The minimum atomic E-state index is 0.628. The van der Waals surface area contributed by atoms with Crippen LogP contribution in [0.4, 0.5) is 0 Å². The van der Waals surface area contributed by atoms with Gasteiger partial charge in [-0.15, -0.1) is 11.8 Å². The molecule has 0 bridgehead atoms. The molecule has 0 aliphatic rings. The van der Waals surface area contributed by atoms with Crippen LogP contribution in [0.2, 0.25) is 0 Å². The van der Waals surface area contributed by atoms with Crippen LogP contribution in [0.5, 0.6) is 0 Å². The molecule has 0 aliphatic carbocycles. The highest BCUT2D eigenvalue weighted by Gasteiger charge is 1.98. The maximum Gasteiger partial charge on any atom is 0.0465 e. The van der Waals surface area contributed by atoms with E-state index in [9.17, 15) is 0 Å². The topological polar surface area (TPSA) is 12.0 Å². The maximum atomic E-state index is 3.30. The summed E-state index contributed by atoms with van der Waals surface area (Å²) in [5.74, 6) is 1.63. The van der Waals surface area contributed by atoms with Gasteiger partial charge in [0, 0.05) is 10.8 Å². The van der Waals surface area contributed by atoms with Gasteiger partial charge in [0.05, 0.1) is 0 Å². The van der Waals surface area contributed by atoms with Crippen molar-refractivity contribution >= 4 is 11.8 Å². The molecule has 0 saturated carbocycles. The molecular formula is C12H19NS. The average Bonchev–Trinajstić information content (AvgIpc) is 2.19. The first-order chi connectivity index (χ1) is 6.74. The molecular weight excluding hydrogens is 190 g/mol. The van der Waals surface area contributed by atoms with Crippen LogP contribution in [0.25, 0.3) is 0 Å². The molecule has 0 aromatic heterocycles. The van der Waals surface area contributed by atoms with Crippen molar-refractivity contribution in [1.82, 2.24) is 5.32 Å². The quantitative estimate of drug-likeness (QED) is 0.453. The molecule has 0 amide bonds. The lowest BCUT2D eigenvalue weighted by Gasteiger charge is -2.06. The first kappa shape index (κ1) is 11.6. The van der Waals surface area contributed by atoms with Crippen LogP contribution in [-0.2, 0) is 0 Å². The number of benzene rings is 1. The van der Waals surface area contributed by atoms with Crippen LogP contribution < -0.4 is 5.32 Å². The number of nitrogens with one attached hydrogen (secondary N) is 1. The van der Waals surface area contributed by atoms with E-state index in [2.05, 4.69) is 50.4 Å². The Kier molecular flexibility index (Phi) is 5.05. The third-order valence-electron chi connectivity index (χ3n) is 2.14. The lowest BCUT2D eigenvalue weighted by Crippen LogP contribution is -2.10. The highest BCUT2D eigenvalue weighted by molar-refractivity contribution is 7.99. The van der Waals surface area contributed by atoms with Crippen LogP contribution in [-0.4, -0.2) is 12.4 Å². The highest BCUT2D eigenvalue weighted by atomic mass is 32.2. The van der Waals surface area contributed by atoms with Crippen molar-refractivity contribution in [3.8, 4) is 0 Å². The minimum absolute atomic E-state index is 0.628. The third-order valence-corrected chi connectivity index (χ3v) is 3.09. The molecule has 0 fully saturated rings. The summed E-state index contributed by atoms with van der Waals surface area (Å²) in [4.78, 5) is 1.34. The fourth-order valence-electron chi connectivity index (χ4n) is 1.19. The second-order valence-electron chi connectivity index (χ2n) is 3.62. The zero-order valence-electron chi connectivity index (χ0n) is 9.21. The Labute approximate surface area is 91.3 Å². The predicted octanol–water partition coefficient (Wildman–Crippen LogP) is 3.47. The fourth-order valence-corrected chi connectivity index (χ4v) is 1.99. The number of thioether (sulfide) groups is 1. The summed E-state index contributed by atoms with van der Waals surface area (Å²) in [6.07, 6.45) is 0. The monoisotopic (exact) mass is 209 g/mol. The van der Waals surface area contributed by atoms with Gasteiger partial charge in [-0.25, -0.2) is 0 Å². The second kappa shape index (κ2) is 6.10. The van der Waals surface area contributed by atoms with Crippen molar-refractivity contribution in [1.29, 1.82) is 0 Å². The minimum Gasteiger partial charge on any atom is -0.308 e. The highest BCUT2D eigenvalue weighted by Crippen LogP contribution is 2.20. The van der Waals surface area contributed by atoms with Gasteiger partial charge in [0.25, 0.3) is 0 Å². The molecule has 1 rings (SSSR count). The molecule has 0 atom stereocenters. The van der Waals surface area contributed by atoms with E-state index < -0.39 is 0 Å². The molecule has 78 valence electrons. The molecule has 1 aromatic carbocycles. The largest absolute Gasteiger partial charge is 0.308 e. The SMILES string of the molecule is CCNCSc1ccc(C(C)C)cc1. The first-order valence-electron chi connectivity index (χ1n) is 5.17. The molecule has 0 unspecified atom stereocenters. The van der Waals surface area contributed by atoms with E-state index in [1.807, 2.05) is 11.8 Å². The van der Waals surface area contributed by atoms with E-state index in [4.69, 9.17) is 0 Å². The molecule has 0 heterocycles. The average molecular weight is 209 g/mol. The summed E-state index contributed by atoms with van der Waals surface area (Å²) >= 11 is 1.85. The molecule has 1 nitrogen and oxygen atoms in total. The summed E-state index contributed by atoms with van der Waals surface area (Å²) < 4.78 is 0. The van der Waals surface area contributed by atoms with Gasteiger partial charge in [-0.2, -0.15) is 0 Å². The number of hydrogen-bond donors (Lipinski definition) is 1. The van der Waals surface area contributed by atoms with Crippen molar-refractivity contribution in [2.45, 2.75) is 31.6 Å². The summed E-state index contributed by atoms with van der Waals surface area (Å²) in [5, 5.41) is 3.30. The molecule has 0 aliphatic heterocycles. The van der Waals surface area contributed by atoms with Gasteiger partial charge in [-0.3, -0.25) is 0 Å². The van der Waals surface area contributed by atoms with Gasteiger partial charge in [0.1, 0.15) is 0 Å². The van der Waals surface area contributed by atoms with E-state index in [1.165, 1.54) is 10.5 Å².